The van der Waals surface area contributed by atoms with Crippen LogP contribution in [0.3, 0.4) is 0 Å². The lowest BCUT2D eigenvalue weighted by Crippen LogP contribution is -2.13. The summed E-state index contributed by atoms with van der Waals surface area (Å²) in [4.78, 5) is 17.0. The average molecular weight is 443 g/mol. The van der Waals surface area contributed by atoms with Crippen molar-refractivity contribution in [2.45, 2.75) is 35.7 Å². The predicted molar refractivity (Wildman–Crippen MR) is 113 cm³/mol. The number of H-pyrrole nitrogens is 1. The summed E-state index contributed by atoms with van der Waals surface area (Å²) in [5, 5.41) is 7.61. The number of Topliss-reactive ketones (excluding diaryl/α,β-unsaturated/α-hetero) is 1. The number of sulfonamides is 1. The Hall–Kier alpha value is -3.11. The molecule has 8 nitrogen and oxygen atoms in total. The highest BCUT2D eigenvalue weighted by molar-refractivity contribution is 7.99. The topological polar surface area (TPSA) is 118 Å². The molecule has 2 N–H and O–H groups in total. The minimum Gasteiger partial charge on any atom is -0.459 e. The first-order valence-corrected chi connectivity index (χ1v) is 11.3. The van der Waals surface area contributed by atoms with E-state index in [1.54, 1.807) is 43.3 Å². The van der Waals surface area contributed by atoms with Crippen molar-refractivity contribution in [3.05, 3.63) is 59.6 Å². The van der Waals surface area contributed by atoms with Gasteiger partial charge in [-0.25, -0.2) is 13.4 Å². The van der Waals surface area contributed by atoms with Crippen LogP contribution in [0.4, 0.5) is 5.69 Å². The molecule has 0 unspecified atom stereocenters. The summed E-state index contributed by atoms with van der Waals surface area (Å²) < 4.78 is 34.2. The minimum atomic E-state index is -3.81. The first-order chi connectivity index (χ1) is 14.2. The molecule has 2 heterocycles. The number of carbonyl (C=O) groups excluding carboxylic acids is 1. The van der Waals surface area contributed by atoms with Crippen molar-refractivity contribution in [3.63, 3.8) is 0 Å². The summed E-state index contributed by atoms with van der Waals surface area (Å²) in [5.41, 5.74) is 2.17. The lowest BCUT2D eigenvalue weighted by atomic mass is 10.1. The molecule has 0 fully saturated rings. The minimum absolute atomic E-state index is 0.146. The molecule has 30 heavy (non-hydrogen) atoms. The van der Waals surface area contributed by atoms with Crippen LogP contribution < -0.4 is 4.72 Å². The van der Waals surface area contributed by atoms with Crippen LogP contribution >= 0.6 is 11.8 Å². The molecule has 4 rings (SSSR count). The number of nitrogens with zero attached hydrogens (tertiary/aromatic N) is 2. The van der Waals surface area contributed by atoms with E-state index in [0.29, 0.717) is 38.0 Å². The fourth-order valence-corrected chi connectivity index (χ4v) is 5.02. The van der Waals surface area contributed by atoms with Crippen molar-refractivity contribution >= 4 is 44.2 Å². The number of aromatic amines is 1. The Balaban J connectivity index is 1.84. The third-order valence-electron chi connectivity index (χ3n) is 4.47. The number of benzene rings is 2. The second-order valence-corrected chi connectivity index (χ2v) is 9.46. The molecule has 0 saturated heterocycles. The van der Waals surface area contributed by atoms with Gasteiger partial charge in [0.25, 0.3) is 10.0 Å². The van der Waals surface area contributed by atoms with Crippen molar-refractivity contribution in [2.24, 2.45) is 0 Å². The summed E-state index contributed by atoms with van der Waals surface area (Å²) in [5.74, 6) is 0.302. The van der Waals surface area contributed by atoms with Gasteiger partial charge in [0.2, 0.25) is 0 Å². The van der Waals surface area contributed by atoms with Crippen LogP contribution in [0.5, 0.6) is 0 Å². The largest absolute Gasteiger partial charge is 0.459 e. The van der Waals surface area contributed by atoms with Crippen molar-refractivity contribution in [3.8, 4) is 0 Å². The second kappa shape index (κ2) is 7.62. The van der Waals surface area contributed by atoms with E-state index < -0.39 is 10.0 Å². The van der Waals surface area contributed by atoms with Gasteiger partial charge in [-0.3, -0.25) is 14.6 Å². The van der Waals surface area contributed by atoms with Gasteiger partial charge in [0.15, 0.2) is 10.9 Å². The first kappa shape index (κ1) is 20.2. The Bertz CT molecular complexity index is 1340. The first-order valence-electron chi connectivity index (χ1n) is 8.95. The van der Waals surface area contributed by atoms with Gasteiger partial charge in [0, 0.05) is 5.39 Å². The van der Waals surface area contributed by atoms with Crippen molar-refractivity contribution in [1.29, 1.82) is 0 Å². The van der Waals surface area contributed by atoms with E-state index in [0.717, 1.165) is 5.56 Å². The van der Waals surface area contributed by atoms with Gasteiger partial charge in [-0.05, 0) is 56.8 Å². The molecular weight excluding hydrogens is 424 g/mol. The summed E-state index contributed by atoms with van der Waals surface area (Å²) in [7, 11) is -3.81. The van der Waals surface area contributed by atoms with Crippen LogP contribution in [0.2, 0.25) is 0 Å². The third-order valence-corrected chi connectivity index (χ3v) is 6.78. The number of nitrogens with one attached hydrogen (secondary N) is 2. The van der Waals surface area contributed by atoms with E-state index in [4.69, 9.17) is 4.42 Å². The molecule has 0 atom stereocenters. The number of aryl methyl sites for hydroxylation is 2. The number of furan rings is 1. The molecule has 4 aromatic rings. The zero-order valence-electron chi connectivity index (χ0n) is 16.4. The van der Waals surface area contributed by atoms with Crippen LogP contribution in [0.1, 0.15) is 28.6 Å². The number of fused-ring (bicyclic) bond motifs is 1. The van der Waals surface area contributed by atoms with Crippen molar-refractivity contribution < 1.29 is 17.6 Å². The van der Waals surface area contributed by atoms with Crippen molar-refractivity contribution in [2.75, 3.05) is 4.72 Å². The number of rotatable bonds is 6. The fourth-order valence-electron chi connectivity index (χ4n) is 3.14. The zero-order chi connectivity index (χ0) is 21.5. The molecule has 10 heteroatoms. The van der Waals surface area contributed by atoms with Gasteiger partial charge < -0.3 is 4.42 Å². The highest BCUT2D eigenvalue weighted by atomic mass is 32.2. The van der Waals surface area contributed by atoms with Gasteiger partial charge in [0.05, 0.1) is 21.0 Å². The second-order valence-electron chi connectivity index (χ2n) is 6.75. The van der Waals surface area contributed by atoms with Crippen LogP contribution in [-0.4, -0.2) is 29.4 Å². The zero-order valence-corrected chi connectivity index (χ0v) is 18.0. The lowest BCUT2D eigenvalue weighted by Gasteiger charge is -2.10. The van der Waals surface area contributed by atoms with E-state index >= 15 is 0 Å². The van der Waals surface area contributed by atoms with Crippen LogP contribution in [0.25, 0.3) is 11.0 Å². The van der Waals surface area contributed by atoms with E-state index in [9.17, 15) is 13.2 Å². The molecule has 154 valence electrons. The average Bonchev–Trinajstić information content (AvgIpc) is 3.28. The van der Waals surface area contributed by atoms with Gasteiger partial charge in [0.1, 0.15) is 17.7 Å². The lowest BCUT2D eigenvalue weighted by molar-refractivity contribution is 0.101. The van der Waals surface area contributed by atoms with Crippen molar-refractivity contribution in [1.82, 2.24) is 15.2 Å². The van der Waals surface area contributed by atoms with Gasteiger partial charge >= 0.3 is 0 Å². The highest BCUT2D eigenvalue weighted by Gasteiger charge is 2.22. The molecule has 2 aromatic carbocycles. The molecule has 0 aliphatic rings. The highest BCUT2D eigenvalue weighted by Crippen LogP contribution is 2.39. The summed E-state index contributed by atoms with van der Waals surface area (Å²) in [6, 6.07) is 9.81. The molecule has 0 saturated carbocycles. The number of ketones is 1. The number of hydrogen-bond acceptors (Lipinski definition) is 7. The third kappa shape index (κ3) is 3.83. The number of anilines is 1. The quantitative estimate of drug-likeness (QED) is 0.427. The van der Waals surface area contributed by atoms with Gasteiger partial charge in [-0.2, -0.15) is 5.10 Å². The normalized spacial score (nSPS) is 11.7. The molecule has 0 radical (unpaired) electrons. The number of hydrogen-bond donors (Lipinski definition) is 2. The molecule has 2 aromatic heterocycles. The van der Waals surface area contributed by atoms with E-state index in [2.05, 4.69) is 19.9 Å². The predicted octanol–water partition coefficient (Wildman–Crippen LogP) is 4.32. The maximum Gasteiger partial charge on any atom is 0.261 e. The number of carbonyl (C=O) groups is 1. The van der Waals surface area contributed by atoms with Gasteiger partial charge in [-0.15, -0.1) is 0 Å². The Kier molecular flexibility index (Phi) is 5.12. The molecule has 0 amide bonds. The molecule has 0 aliphatic heterocycles. The van der Waals surface area contributed by atoms with Crippen LogP contribution in [0.15, 0.2) is 62.1 Å². The van der Waals surface area contributed by atoms with E-state index in [1.165, 1.54) is 25.0 Å². The van der Waals surface area contributed by atoms with E-state index in [1.807, 2.05) is 6.92 Å². The summed E-state index contributed by atoms with van der Waals surface area (Å²) in [6.07, 6.45) is 1.37. The molecule has 0 spiro atoms. The Labute approximate surface area is 177 Å². The SMILES string of the molecule is CC(=O)c1c(C)oc2c(Sc3ncn[nH]3)cc(NS(=O)(=O)c3ccc(C)cc3)cc12. The smallest absolute Gasteiger partial charge is 0.261 e. The molecule has 0 aliphatic carbocycles. The maximum atomic E-state index is 12.9. The number of aromatic nitrogens is 3. The Morgan fingerprint density at radius 2 is 1.90 bits per heavy atom. The Morgan fingerprint density at radius 3 is 2.53 bits per heavy atom. The van der Waals surface area contributed by atoms with Crippen LogP contribution in [0, 0.1) is 13.8 Å². The molecule has 0 bridgehead atoms. The fraction of sp³-hybridized carbons (Fsp3) is 0.150. The van der Waals surface area contributed by atoms with E-state index in [-0.39, 0.29) is 10.7 Å². The Morgan fingerprint density at radius 1 is 1.17 bits per heavy atom. The van der Waals surface area contributed by atoms with Gasteiger partial charge in [-0.1, -0.05) is 17.7 Å². The standard InChI is InChI=1S/C20H18N4O4S2/c1-11-4-6-15(7-5-11)30(26,27)24-14-8-16-18(12(2)25)13(3)28-19(16)17(9-14)29-20-21-10-22-23-20/h4-10,24H,1-3H3,(H,21,22,23). The summed E-state index contributed by atoms with van der Waals surface area (Å²) in [6.45, 7) is 5.04. The van der Waals surface area contributed by atoms with Crippen LogP contribution in [-0.2, 0) is 10.0 Å². The monoisotopic (exact) mass is 442 g/mol. The molecular formula is C20H18N4O4S2. The maximum absolute atomic E-state index is 12.9. The summed E-state index contributed by atoms with van der Waals surface area (Å²) >= 11 is 1.23.